The van der Waals surface area contributed by atoms with Crippen LogP contribution in [0.1, 0.15) is 25.0 Å². The Bertz CT molecular complexity index is 851. The van der Waals surface area contributed by atoms with E-state index in [1.807, 2.05) is 48.6 Å². The highest BCUT2D eigenvalue weighted by Crippen LogP contribution is 2.32. The molecule has 2 aromatic carbocycles. The lowest BCUT2D eigenvalue weighted by Gasteiger charge is -2.08. The van der Waals surface area contributed by atoms with Crippen molar-refractivity contribution in [2.24, 2.45) is 5.10 Å². The van der Waals surface area contributed by atoms with Crippen LogP contribution in [0, 0.1) is 3.57 Å². The Kier molecular flexibility index (Phi) is 7.59. The molecule has 8 heteroatoms. The fraction of sp³-hybridized carbons (Fsp3) is 0.211. The molecule has 2 amide bonds. The molecule has 3 N–H and O–H groups in total. The van der Waals surface area contributed by atoms with Gasteiger partial charge in [0.15, 0.2) is 11.5 Å². The highest BCUT2D eigenvalue weighted by molar-refractivity contribution is 14.1. The van der Waals surface area contributed by atoms with Gasteiger partial charge in [-0.25, -0.2) is 5.43 Å². The molecule has 0 aliphatic rings. The average Bonchev–Trinajstić information content (AvgIpc) is 2.66. The van der Waals surface area contributed by atoms with Crippen LogP contribution in [0.3, 0.4) is 0 Å². The predicted molar refractivity (Wildman–Crippen MR) is 112 cm³/mol. The smallest absolute Gasteiger partial charge is 0.329 e. The lowest BCUT2D eigenvalue weighted by atomic mass is 10.1. The van der Waals surface area contributed by atoms with E-state index in [0.717, 1.165) is 12.0 Å². The zero-order chi connectivity index (χ0) is 19.8. The number of phenolic OH excluding ortho intramolecular Hbond substituents is 1. The fourth-order valence-electron chi connectivity index (χ4n) is 2.16. The largest absolute Gasteiger partial charge is 0.504 e. The van der Waals surface area contributed by atoms with Crippen molar-refractivity contribution in [1.82, 2.24) is 5.43 Å². The number of nitrogens with one attached hydrogen (secondary N) is 2. The molecule has 142 valence electrons. The number of benzene rings is 2. The first kappa shape index (κ1) is 20.7. The number of carbonyl (C=O) groups is 2. The number of hydrazone groups is 1. The van der Waals surface area contributed by atoms with E-state index in [-0.39, 0.29) is 5.75 Å². The standard InChI is InChI=1S/C19H20IN3O4/c1-3-12-5-7-14(8-6-12)22-18(25)19(26)23-21-11-13-9-15(20)17(24)16(10-13)27-4-2/h5-11,24H,3-4H2,1-2H3,(H,22,25)(H,23,26)/b21-11-. The normalized spacial score (nSPS) is 10.6. The molecule has 0 radical (unpaired) electrons. The SMILES string of the molecule is CCOc1cc(/C=N\NC(=O)C(=O)Nc2ccc(CC)cc2)cc(I)c1O. The summed E-state index contributed by atoms with van der Waals surface area (Å²) < 4.78 is 5.92. The molecule has 2 rings (SSSR count). The van der Waals surface area contributed by atoms with Crippen LogP contribution in [0.5, 0.6) is 11.5 Å². The molecule has 27 heavy (non-hydrogen) atoms. The van der Waals surface area contributed by atoms with Crippen molar-refractivity contribution >= 4 is 46.3 Å². The van der Waals surface area contributed by atoms with Crippen molar-refractivity contribution in [3.05, 3.63) is 51.1 Å². The number of aromatic hydroxyl groups is 1. The van der Waals surface area contributed by atoms with Gasteiger partial charge in [-0.2, -0.15) is 5.10 Å². The van der Waals surface area contributed by atoms with Gasteiger partial charge in [0.25, 0.3) is 0 Å². The van der Waals surface area contributed by atoms with Crippen LogP contribution in [0.25, 0.3) is 0 Å². The molecule has 0 aliphatic carbocycles. The summed E-state index contributed by atoms with van der Waals surface area (Å²) in [5, 5.41) is 16.2. The zero-order valence-electron chi connectivity index (χ0n) is 15.0. The summed E-state index contributed by atoms with van der Waals surface area (Å²) in [6.07, 6.45) is 2.26. The minimum absolute atomic E-state index is 0.0482. The molecule has 7 nitrogen and oxygen atoms in total. The van der Waals surface area contributed by atoms with Crippen molar-refractivity contribution in [2.75, 3.05) is 11.9 Å². The number of hydrogen-bond acceptors (Lipinski definition) is 5. The van der Waals surface area contributed by atoms with Gasteiger partial charge in [-0.1, -0.05) is 19.1 Å². The summed E-state index contributed by atoms with van der Waals surface area (Å²) in [4.78, 5) is 23.7. The minimum Gasteiger partial charge on any atom is -0.504 e. The molecule has 0 spiro atoms. The molecule has 0 fully saturated rings. The van der Waals surface area contributed by atoms with Gasteiger partial charge in [-0.3, -0.25) is 9.59 Å². The summed E-state index contributed by atoms with van der Waals surface area (Å²) >= 11 is 1.97. The average molecular weight is 481 g/mol. The summed E-state index contributed by atoms with van der Waals surface area (Å²) in [5.41, 5.74) is 4.45. The molecule has 0 bridgehead atoms. The van der Waals surface area contributed by atoms with Crippen molar-refractivity contribution in [3.8, 4) is 11.5 Å². The second kappa shape index (κ2) is 9.91. The van der Waals surface area contributed by atoms with Gasteiger partial charge < -0.3 is 15.2 Å². The first-order chi connectivity index (χ1) is 12.9. The first-order valence-corrected chi connectivity index (χ1v) is 9.41. The number of anilines is 1. The minimum atomic E-state index is -0.885. The number of rotatable bonds is 6. The van der Waals surface area contributed by atoms with Crippen molar-refractivity contribution in [2.45, 2.75) is 20.3 Å². The van der Waals surface area contributed by atoms with Crippen LogP contribution in [0.2, 0.25) is 0 Å². The van der Waals surface area contributed by atoms with Gasteiger partial charge in [0, 0.05) is 5.69 Å². The van der Waals surface area contributed by atoms with E-state index in [0.29, 0.717) is 27.2 Å². The monoisotopic (exact) mass is 481 g/mol. The van der Waals surface area contributed by atoms with Crippen LogP contribution in [-0.4, -0.2) is 29.7 Å². The molecular formula is C19H20IN3O4. The summed E-state index contributed by atoms with van der Waals surface area (Å²) in [5.74, 6) is -1.33. The number of amides is 2. The number of nitrogens with zero attached hydrogens (tertiary/aromatic N) is 1. The van der Waals surface area contributed by atoms with E-state index in [1.165, 1.54) is 6.21 Å². The van der Waals surface area contributed by atoms with E-state index in [2.05, 4.69) is 15.8 Å². The van der Waals surface area contributed by atoms with Crippen LogP contribution >= 0.6 is 22.6 Å². The van der Waals surface area contributed by atoms with Crippen LogP contribution in [0.15, 0.2) is 41.5 Å². The summed E-state index contributed by atoms with van der Waals surface area (Å²) in [6, 6.07) is 10.5. The number of ether oxygens (including phenoxy) is 1. The molecule has 0 saturated heterocycles. The molecule has 0 aromatic heterocycles. The predicted octanol–water partition coefficient (Wildman–Crippen LogP) is 3.05. The maximum atomic E-state index is 11.9. The van der Waals surface area contributed by atoms with Gasteiger partial charge in [0.1, 0.15) is 0 Å². The third kappa shape index (κ3) is 5.95. The summed E-state index contributed by atoms with van der Waals surface area (Å²) in [6.45, 7) is 4.24. The number of halogens is 1. The van der Waals surface area contributed by atoms with Crippen molar-refractivity contribution in [3.63, 3.8) is 0 Å². The van der Waals surface area contributed by atoms with Crippen LogP contribution in [0.4, 0.5) is 5.69 Å². The Labute approximate surface area is 171 Å². The lowest BCUT2D eigenvalue weighted by molar-refractivity contribution is -0.136. The molecule has 2 aromatic rings. The third-order valence-corrected chi connectivity index (χ3v) is 4.38. The van der Waals surface area contributed by atoms with E-state index >= 15 is 0 Å². The molecule has 0 aliphatic heterocycles. The number of aryl methyl sites for hydroxylation is 1. The Morgan fingerprint density at radius 3 is 2.52 bits per heavy atom. The maximum Gasteiger partial charge on any atom is 0.329 e. The Balaban J connectivity index is 1.96. The highest BCUT2D eigenvalue weighted by atomic mass is 127. The highest BCUT2D eigenvalue weighted by Gasteiger charge is 2.13. The number of carbonyl (C=O) groups excluding carboxylic acids is 2. The molecule has 0 unspecified atom stereocenters. The summed E-state index contributed by atoms with van der Waals surface area (Å²) in [7, 11) is 0. The van der Waals surface area contributed by atoms with Crippen molar-refractivity contribution in [1.29, 1.82) is 0 Å². The molecule has 0 atom stereocenters. The van der Waals surface area contributed by atoms with Gasteiger partial charge >= 0.3 is 11.8 Å². The number of hydrogen-bond donors (Lipinski definition) is 3. The Morgan fingerprint density at radius 2 is 1.89 bits per heavy atom. The van der Waals surface area contributed by atoms with E-state index in [1.54, 1.807) is 24.3 Å². The zero-order valence-corrected chi connectivity index (χ0v) is 17.1. The van der Waals surface area contributed by atoms with Gasteiger partial charge in [0.05, 0.1) is 16.4 Å². The van der Waals surface area contributed by atoms with Gasteiger partial charge in [-0.15, -0.1) is 0 Å². The second-order valence-corrected chi connectivity index (χ2v) is 6.65. The third-order valence-electron chi connectivity index (χ3n) is 3.56. The molecule has 0 heterocycles. The van der Waals surface area contributed by atoms with Gasteiger partial charge in [-0.05, 0) is 71.3 Å². The van der Waals surface area contributed by atoms with E-state index in [9.17, 15) is 14.7 Å². The Morgan fingerprint density at radius 1 is 1.19 bits per heavy atom. The Hall–Kier alpha value is -2.62. The number of phenols is 1. The van der Waals surface area contributed by atoms with Crippen LogP contribution < -0.4 is 15.5 Å². The van der Waals surface area contributed by atoms with Crippen LogP contribution in [-0.2, 0) is 16.0 Å². The maximum absolute atomic E-state index is 11.9. The van der Waals surface area contributed by atoms with Gasteiger partial charge in [0.2, 0.25) is 0 Å². The van der Waals surface area contributed by atoms with Crippen molar-refractivity contribution < 1.29 is 19.4 Å². The van der Waals surface area contributed by atoms with E-state index < -0.39 is 11.8 Å². The first-order valence-electron chi connectivity index (χ1n) is 8.33. The quantitative estimate of drug-likeness (QED) is 0.256. The fourth-order valence-corrected chi connectivity index (χ4v) is 2.79. The topological polar surface area (TPSA) is 100 Å². The molecular weight excluding hydrogens is 461 g/mol. The van der Waals surface area contributed by atoms with E-state index in [4.69, 9.17) is 4.74 Å². The molecule has 0 saturated carbocycles. The second-order valence-electron chi connectivity index (χ2n) is 5.49. The lowest BCUT2D eigenvalue weighted by Crippen LogP contribution is -2.32.